The van der Waals surface area contributed by atoms with Crippen LogP contribution in [0.25, 0.3) is 6.08 Å². The first-order chi connectivity index (χ1) is 9.24. The van der Waals surface area contributed by atoms with E-state index in [9.17, 15) is 9.59 Å². The molecular weight excluding hydrogens is 240 g/mol. The van der Waals surface area contributed by atoms with Crippen molar-refractivity contribution >= 4 is 18.0 Å². The van der Waals surface area contributed by atoms with Crippen molar-refractivity contribution in [3.63, 3.8) is 0 Å². The van der Waals surface area contributed by atoms with Gasteiger partial charge in [-0.1, -0.05) is 54.6 Å². The third-order valence-electron chi connectivity index (χ3n) is 3.64. The fourth-order valence-electron chi connectivity index (χ4n) is 2.59. The van der Waals surface area contributed by atoms with E-state index in [1.807, 2.05) is 42.5 Å². The van der Waals surface area contributed by atoms with E-state index in [-0.39, 0.29) is 23.7 Å². The van der Waals surface area contributed by atoms with E-state index in [2.05, 4.69) is 10.8 Å². The van der Waals surface area contributed by atoms with Crippen LogP contribution in [0.3, 0.4) is 0 Å². The average molecular weight is 254 g/mol. The summed E-state index contributed by atoms with van der Waals surface area (Å²) in [5.74, 6) is -1.27. The highest BCUT2D eigenvalue weighted by atomic mass is 16.6. The molecule has 0 radical (unpaired) electrons. The van der Waals surface area contributed by atoms with Crippen molar-refractivity contribution in [1.29, 1.82) is 0 Å². The maximum atomic E-state index is 11.5. The summed E-state index contributed by atoms with van der Waals surface area (Å²) < 4.78 is 4.67. The van der Waals surface area contributed by atoms with Gasteiger partial charge in [0.2, 0.25) is 0 Å². The summed E-state index contributed by atoms with van der Waals surface area (Å²) in [4.78, 5) is 22.9. The van der Waals surface area contributed by atoms with Crippen LogP contribution in [0, 0.1) is 17.8 Å². The maximum Gasteiger partial charge on any atom is 0.321 e. The molecule has 3 unspecified atom stereocenters. The zero-order valence-electron chi connectivity index (χ0n) is 10.4. The van der Waals surface area contributed by atoms with Gasteiger partial charge in [0.1, 0.15) is 0 Å². The Hall–Kier alpha value is -2.16. The van der Waals surface area contributed by atoms with Crippen LogP contribution in [0.1, 0.15) is 12.0 Å². The minimum Gasteiger partial charge on any atom is -0.392 e. The molecule has 1 saturated heterocycles. The number of hydrogen-bond donors (Lipinski definition) is 0. The Bertz CT molecular complexity index is 557. The van der Waals surface area contributed by atoms with Crippen LogP contribution in [0.2, 0.25) is 0 Å². The predicted octanol–water partition coefficient (Wildman–Crippen LogP) is 2.59. The van der Waals surface area contributed by atoms with Gasteiger partial charge in [0.25, 0.3) is 0 Å². The number of rotatable bonds is 2. The van der Waals surface area contributed by atoms with Gasteiger partial charge < -0.3 is 4.74 Å². The smallest absolute Gasteiger partial charge is 0.321 e. The van der Waals surface area contributed by atoms with Crippen molar-refractivity contribution < 1.29 is 14.3 Å². The molecule has 1 heterocycles. The SMILES string of the molecule is O=C1OC(=O)C2CC(C=Cc3ccccc3)C=CC12. The molecule has 3 atom stereocenters. The van der Waals surface area contributed by atoms with Crippen LogP contribution in [-0.2, 0) is 14.3 Å². The second-order valence-electron chi connectivity index (χ2n) is 4.93. The normalized spacial score (nSPS) is 29.6. The lowest BCUT2D eigenvalue weighted by Gasteiger charge is -2.19. The van der Waals surface area contributed by atoms with E-state index in [1.165, 1.54) is 0 Å². The maximum absolute atomic E-state index is 11.5. The molecule has 2 aliphatic rings. The zero-order valence-corrected chi connectivity index (χ0v) is 10.4. The summed E-state index contributed by atoms with van der Waals surface area (Å²) in [6, 6.07) is 10.00. The highest BCUT2D eigenvalue weighted by Crippen LogP contribution is 2.35. The Morgan fingerprint density at radius 3 is 2.63 bits per heavy atom. The second kappa shape index (κ2) is 4.84. The minimum atomic E-state index is -0.406. The standard InChI is InChI=1S/C16H14O3/c17-15-13-9-8-12(10-14(13)16(18)19-15)7-6-11-4-2-1-3-5-11/h1-9,12-14H,10H2. The Balaban J connectivity index is 1.73. The number of ether oxygens (including phenoxy) is 1. The quantitative estimate of drug-likeness (QED) is 0.463. The summed E-state index contributed by atoms with van der Waals surface area (Å²) in [5, 5.41) is 0. The molecule has 1 aromatic carbocycles. The fourth-order valence-corrected chi connectivity index (χ4v) is 2.59. The second-order valence-corrected chi connectivity index (χ2v) is 4.93. The van der Waals surface area contributed by atoms with Gasteiger partial charge in [-0.3, -0.25) is 9.59 Å². The molecule has 19 heavy (non-hydrogen) atoms. The van der Waals surface area contributed by atoms with Gasteiger partial charge in [0.05, 0.1) is 11.8 Å². The lowest BCUT2D eigenvalue weighted by atomic mass is 9.80. The van der Waals surface area contributed by atoms with Crippen LogP contribution >= 0.6 is 0 Å². The van der Waals surface area contributed by atoms with Crippen molar-refractivity contribution in [2.45, 2.75) is 6.42 Å². The molecule has 1 aliphatic heterocycles. The Morgan fingerprint density at radius 1 is 1.05 bits per heavy atom. The molecule has 0 bridgehead atoms. The van der Waals surface area contributed by atoms with E-state index in [0.717, 1.165) is 5.56 Å². The molecule has 96 valence electrons. The summed E-state index contributed by atoms with van der Waals surface area (Å²) in [7, 11) is 0. The molecular formula is C16H14O3. The number of cyclic esters (lactones) is 2. The van der Waals surface area contributed by atoms with E-state index < -0.39 is 5.97 Å². The minimum absolute atomic E-state index is 0.180. The van der Waals surface area contributed by atoms with Crippen LogP contribution in [0.4, 0.5) is 0 Å². The summed E-state index contributed by atoms with van der Waals surface area (Å²) in [6.45, 7) is 0. The molecule has 0 spiro atoms. The first-order valence-electron chi connectivity index (χ1n) is 6.41. The monoisotopic (exact) mass is 254 g/mol. The molecule has 1 fully saturated rings. The first-order valence-corrected chi connectivity index (χ1v) is 6.41. The third-order valence-corrected chi connectivity index (χ3v) is 3.64. The molecule has 3 nitrogen and oxygen atoms in total. The van der Waals surface area contributed by atoms with Crippen LogP contribution in [-0.4, -0.2) is 11.9 Å². The fraction of sp³-hybridized carbons (Fsp3) is 0.250. The summed E-state index contributed by atoms with van der Waals surface area (Å²) in [5.41, 5.74) is 1.13. The molecule has 3 heteroatoms. The number of fused-ring (bicyclic) bond motifs is 1. The van der Waals surface area contributed by atoms with E-state index in [1.54, 1.807) is 6.08 Å². The number of carbonyl (C=O) groups excluding carboxylic acids is 2. The van der Waals surface area contributed by atoms with Gasteiger partial charge in [-0.25, -0.2) is 0 Å². The van der Waals surface area contributed by atoms with Crippen molar-refractivity contribution in [3.8, 4) is 0 Å². The molecule has 0 saturated carbocycles. The lowest BCUT2D eigenvalue weighted by Crippen LogP contribution is -2.22. The highest BCUT2D eigenvalue weighted by Gasteiger charge is 2.44. The van der Waals surface area contributed by atoms with Gasteiger partial charge in [-0.15, -0.1) is 0 Å². The van der Waals surface area contributed by atoms with Gasteiger partial charge >= 0.3 is 11.9 Å². The number of benzene rings is 1. The van der Waals surface area contributed by atoms with Gasteiger partial charge in [-0.2, -0.15) is 0 Å². The molecule has 0 amide bonds. The molecule has 0 N–H and O–H groups in total. The Kier molecular flexibility index (Phi) is 3.03. The number of allylic oxidation sites excluding steroid dienone is 2. The Morgan fingerprint density at radius 2 is 1.84 bits per heavy atom. The first kappa shape index (κ1) is 11.9. The third kappa shape index (κ3) is 2.36. The van der Waals surface area contributed by atoms with Crippen LogP contribution < -0.4 is 0 Å². The van der Waals surface area contributed by atoms with Gasteiger partial charge in [0, 0.05) is 0 Å². The predicted molar refractivity (Wildman–Crippen MR) is 70.8 cm³/mol. The molecule has 0 aromatic heterocycles. The van der Waals surface area contributed by atoms with Gasteiger partial charge in [-0.05, 0) is 17.9 Å². The lowest BCUT2D eigenvalue weighted by molar-refractivity contribution is -0.153. The Labute approximate surface area is 111 Å². The molecule has 1 aliphatic carbocycles. The average Bonchev–Trinajstić information content (AvgIpc) is 2.73. The molecule has 1 aromatic rings. The molecule has 3 rings (SSSR count). The number of esters is 2. The van der Waals surface area contributed by atoms with Crippen molar-refractivity contribution in [2.75, 3.05) is 0 Å². The van der Waals surface area contributed by atoms with Crippen molar-refractivity contribution in [3.05, 3.63) is 54.1 Å². The van der Waals surface area contributed by atoms with Crippen LogP contribution in [0.5, 0.6) is 0 Å². The van der Waals surface area contributed by atoms with Crippen molar-refractivity contribution in [2.24, 2.45) is 17.8 Å². The summed E-state index contributed by atoms with van der Waals surface area (Å²) >= 11 is 0. The van der Waals surface area contributed by atoms with Gasteiger partial charge in [0.15, 0.2) is 0 Å². The van der Waals surface area contributed by atoms with E-state index in [0.29, 0.717) is 6.42 Å². The number of hydrogen-bond acceptors (Lipinski definition) is 3. The van der Waals surface area contributed by atoms with E-state index >= 15 is 0 Å². The van der Waals surface area contributed by atoms with Crippen molar-refractivity contribution in [1.82, 2.24) is 0 Å². The van der Waals surface area contributed by atoms with Crippen LogP contribution in [0.15, 0.2) is 48.6 Å². The highest BCUT2D eigenvalue weighted by molar-refractivity contribution is 5.97. The zero-order chi connectivity index (χ0) is 13.2. The topological polar surface area (TPSA) is 43.4 Å². The largest absolute Gasteiger partial charge is 0.392 e. The number of carbonyl (C=O) groups is 2. The van der Waals surface area contributed by atoms with E-state index in [4.69, 9.17) is 0 Å². The summed E-state index contributed by atoms with van der Waals surface area (Å²) in [6.07, 6.45) is 8.55.